The smallest absolute Gasteiger partial charge is 0.124 e. The lowest BCUT2D eigenvalue weighted by atomic mass is 10.2. The highest BCUT2D eigenvalue weighted by Gasteiger charge is 2.04. The van der Waals surface area contributed by atoms with Gasteiger partial charge < -0.3 is 10.4 Å². The standard InChI is InChI=1S/C13H12BrFN2O/c14-12-5-11(15)2-1-9(12)6-17-13-7-16-4-3-10(13)8-18/h1-5,7,17-18H,6,8H2. The molecule has 0 radical (unpaired) electrons. The molecule has 0 amide bonds. The quantitative estimate of drug-likeness (QED) is 0.912. The van der Waals surface area contributed by atoms with Crippen LogP contribution in [0, 0.1) is 5.82 Å². The van der Waals surface area contributed by atoms with Gasteiger partial charge in [0.15, 0.2) is 0 Å². The van der Waals surface area contributed by atoms with Crippen LogP contribution in [0.25, 0.3) is 0 Å². The van der Waals surface area contributed by atoms with Gasteiger partial charge in [-0.25, -0.2) is 4.39 Å². The molecule has 0 aliphatic heterocycles. The van der Waals surface area contributed by atoms with Crippen molar-refractivity contribution in [3.63, 3.8) is 0 Å². The number of anilines is 1. The van der Waals surface area contributed by atoms with Gasteiger partial charge in [-0.1, -0.05) is 22.0 Å². The van der Waals surface area contributed by atoms with Crippen molar-refractivity contribution in [3.05, 3.63) is 58.1 Å². The van der Waals surface area contributed by atoms with Crippen molar-refractivity contribution in [2.24, 2.45) is 0 Å². The minimum Gasteiger partial charge on any atom is -0.392 e. The van der Waals surface area contributed by atoms with E-state index in [1.165, 1.54) is 12.1 Å². The first-order valence-electron chi connectivity index (χ1n) is 5.42. The van der Waals surface area contributed by atoms with Crippen LogP contribution in [-0.4, -0.2) is 10.1 Å². The Hall–Kier alpha value is -1.46. The molecule has 0 fully saturated rings. The normalized spacial score (nSPS) is 10.4. The summed E-state index contributed by atoms with van der Waals surface area (Å²) < 4.78 is 13.6. The van der Waals surface area contributed by atoms with Crippen LogP contribution in [0.4, 0.5) is 10.1 Å². The maximum Gasteiger partial charge on any atom is 0.124 e. The zero-order chi connectivity index (χ0) is 13.0. The molecule has 0 unspecified atom stereocenters. The highest BCUT2D eigenvalue weighted by Crippen LogP contribution is 2.20. The molecule has 0 saturated carbocycles. The molecule has 0 bridgehead atoms. The van der Waals surface area contributed by atoms with Crippen molar-refractivity contribution in [1.82, 2.24) is 4.98 Å². The van der Waals surface area contributed by atoms with Gasteiger partial charge in [0.25, 0.3) is 0 Å². The van der Waals surface area contributed by atoms with Crippen LogP contribution in [0.2, 0.25) is 0 Å². The predicted octanol–water partition coefficient (Wildman–Crippen LogP) is 3.09. The number of rotatable bonds is 4. The largest absolute Gasteiger partial charge is 0.392 e. The van der Waals surface area contributed by atoms with Crippen LogP contribution in [0.1, 0.15) is 11.1 Å². The molecule has 94 valence electrons. The van der Waals surface area contributed by atoms with Crippen LogP contribution >= 0.6 is 15.9 Å². The first-order chi connectivity index (χ1) is 8.70. The van der Waals surface area contributed by atoms with Crippen molar-refractivity contribution in [1.29, 1.82) is 0 Å². The fraction of sp³-hybridized carbons (Fsp3) is 0.154. The molecule has 5 heteroatoms. The molecule has 1 aromatic carbocycles. The number of nitrogens with zero attached hydrogens (tertiary/aromatic N) is 1. The molecular weight excluding hydrogens is 299 g/mol. The van der Waals surface area contributed by atoms with Crippen LogP contribution in [-0.2, 0) is 13.2 Å². The SMILES string of the molecule is OCc1ccncc1NCc1ccc(F)cc1Br. The van der Waals surface area contributed by atoms with E-state index in [1.807, 2.05) is 0 Å². The summed E-state index contributed by atoms with van der Waals surface area (Å²) in [5.41, 5.74) is 2.49. The summed E-state index contributed by atoms with van der Waals surface area (Å²) >= 11 is 3.31. The monoisotopic (exact) mass is 310 g/mol. The molecule has 2 rings (SSSR count). The van der Waals surface area contributed by atoms with Crippen molar-refractivity contribution < 1.29 is 9.50 Å². The van der Waals surface area contributed by atoms with Crippen molar-refractivity contribution in [3.8, 4) is 0 Å². The molecule has 1 heterocycles. The Morgan fingerprint density at radius 1 is 1.28 bits per heavy atom. The summed E-state index contributed by atoms with van der Waals surface area (Å²) in [5, 5.41) is 12.3. The topological polar surface area (TPSA) is 45.2 Å². The maximum atomic E-state index is 12.9. The number of hydrogen-bond acceptors (Lipinski definition) is 3. The zero-order valence-corrected chi connectivity index (χ0v) is 11.1. The Labute approximate surface area is 113 Å². The molecule has 2 N–H and O–H groups in total. The third-order valence-corrected chi connectivity index (χ3v) is 3.30. The van der Waals surface area contributed by atoms with Gasteiger partial charge >= 0.3 is 0 Å². The first-order valence-corrected chi connectivity index (χ1v) is 6.21. The fourth-order valence-corrected chi connectivity index (χ4v) is 2.07. The first kappa shape index (κ1) is 13.0. The Morgan fingerprint density at radius 2 is 2.11 bits per heavy atom. The molecule has 0 spiro atoms. The van der Waals surface area contributed by atoms with Crippen LogP contribution in [0.15, 0.2) is 41.1 Å². The number of aliphatic hydroxyl groups excluding tert-OH is 1. The summed E-state index contributed by atoms with van der Waals surface area (Å²) in [6.07, 6.45) is 3.29. The minimum absolute atomic E-state index is 0.0462. The minimum atomic E-state index is -0.275. The summed E-state index contributed by atoms with van der Waals surface area (Å²) in [6, 6.07) is 6.30. The van der Waals surface area contributed by atoms with E-state index in [0.29, 0.717) is 11.0 Å². The van der Waals surface area contributed by atoms with E-state index in [1.54, 1.807) is 24.5 Å². The summed E-state index contributed by atoms with van der Waals surface area (Å²) in [5.74, 6) is -0.275. The Bertz CT molecular complexity index is 548. The summed E-state index contributed by atoms with van der Waals surface area (Å²) in [7, 11) is 0. The third kappa shape index (κ3) is 3.05. The lowest BCUT2D eigenvalue weighted by Crippen LogP contribution is -2.03. The summed E-state index contributed by atoms with van der Waals surface area (Å²) in [6.45, 7) is 0.481. The second-order valence-electron chi connectivity index (χ2n) is 3.78. The number of halogens is 2. The molecular formula is C13H12BrFN2O. The molecule has 3 nitrogen and oxygen atoms in total. The van der Waals surface area contributed by atoms with Crippen molar-refractivity contribution in [2.75, 3.05) is 5.32 Å². The molecule has 0 aliphatic rings. The molecule has 0 saturated heterocycles. The van der Waals surface area contributed by atoms with Crippen molar-refractivity contribution >= 4 is 21.6 Å². The van der Waals surface area contributed by atoms with Gasteiger partial charge in [0, 0.05) is 22.8 Å². The molecule has 1 aromatic heterocycles. The van der Waals surface area contributed by atoms with E-state index >= 15 is 0 Å². The average Bonchev–Trinajstić information content (AvgIpc) is 2.38. The van der Waals surface area contributed by atoms with E-state index in [4.69, 9.17) is 0 Å². The highest BCUT2D eigenvalue weighted by molar-refractivity contribution is 9.10. The van der Waals surface area contributed by atoms with E-state index < -0.39 is 0 Å². The molecule has 0 aliphatic carbocycles. The molecule has 18 heavy (non-hydrogen) atoms. The lowest BCUT2D eigenvalue weighted by Gasteiger charge is -2.11. The van der Waals surface area contributed by atoms with Gasteiger partial charge in [0.1, 0.15) is 5.82 Å². The van der Waals surface area contributed by atoms with Gasteiger partial charge in [-0.15, -0.1) is 0 Å². The second-order valence-corrected chi connectivity index (χ2v) is 4.63. The Morgan fingerprint density at radius 3 is 2.83 bits per heavy atom. The number of hydrogen-bond donors (Lipinski definition) is 2. The van der Waals surface area contributed by atoms with Gasteiger partial charge in [0.2, 0.25) is 0 Å². The number of pyridine rings is 1. The average molecular weight is 311 g/mol. The van der Waals surface area contributed by atoms with E-state index in [2.05, 4.69) is 26.2 Å². The van der Waals surface area contributed by atoms with Crippen LogP contribution < -0.4 is 5.32 Å². The Kier molecular flexibility index (Phi) is 4.28. The van der Waals surface area contributed by atoms with E-state index in [9.17, 15) is 9.50 Å². The Balaban J connectivity index is 2.11. The third-order valence-electron chi connectivity index (χ3n) is 2.57. The number of nitrogens with one attached hydrogen (secondary N) is 1. The van der Waals surface area contributed by atoms with Gasteiger partial charge in [-0.3, -0.25) is 4.98 Å². The fourth-order valence-electron chi connectivity index (χ4n) is 1.58. The van der Waals surface area contributed by atoms with Gasteiger partial charge in [0.05, 0.1) is 18.5 Å². The lowest BCUT2D eigenvalue weighted by molar-refractivity contribution is 0.282. The van der Waals surface area contributed by atoms with E-state index in [0.717, 1.165) is 16.8 Å². The van der Waals surface area contributed by atoms with Gasteiger partial charge in [-0.2, -0.15) is 0 Å². The predicted molar refractivity (Wildman–Crippen MR) is 71.6 cm³/mol. The second kappa shape index (κ2) is 5.93. The molecule has 0 atom stereocenters. The highest BCUT2D eigenvalue weighted by atomic mass is 79.9. The number of aliphatic hydroxyl groups is 1. The van der Waals surface area contributed by atoms with Crippen LogP contribution in [0.5, 0.6) is 0 Å². The van der Waals surface area contributed by atoms with E-state index in [-0.39, 0.29) is 12.4 Å². The number of aromatic nitrogens is 1. The maximum absolute atomic E-state index is 12.9. The summed E-state index contributed by atoms with van der Waals surface area (Å²) in [4.78, 5) is 4.00. The van der Waals surface area contributed by atoms with Gasteiger partial charge in [-0.05, 0) is 23.8 Å². The van der Waals surface area contributed by atoms with Crippen LogP contribution in [0.3, 0.4) is 0 Å². The zero-order valence-electron chi connectivity index (χ0n) is 9.53. The molecule has 2 aromatic rings. The number of benzene rings is 1. The van der Waals surface area contributed by atoms with Crippen molar-refractivity contribution in [2.45, 2.75) is 13.2 Å².